The number of nitrogens with one attached hydrogen (secondary N) is 2. The molecule has 4 nitrogen and oxygen atoms in total. The summed E-state index contributed by atoms with van der Waals surface area (Å²) in [5, 5.41) is 0.916. The van der Waals surface area contributed by atoms with Crippen molar-refractivity contribution in [2.75, 3.05) is 32.8 Å². The lowest BCUT2D eigenvalue weighted by molar-refractivity contribution is -0.899. The summed E-state index contributed by atoms with van der Waals surface area (Å²) >= 11 is 0. The van der Waals surface area contributed by atoms with Crippen molar-refractivity contribution in [1.82, 2.24) is 4.98 Å². The Balaban J connectivity index is 1.76. The molecule has 0 unspecified atom stereocenters. The van der Waals surface area contributed by atoms with Gasteiger partial charge in [-0.15, -0.1) is 0 Å². The molecule has 0 amide bonds. The van der Waals surface area contributed by atoms with Crippen LogP contribution >= 0.6 is 0 Å². The molecule has 0 saturated carbocycles. The fourth-order valence-corrected chi connectivity index (χ4v) is 3.42. The number of ketones is 1. The van der Waals surface area contributed by atoms with Crippen molar-refractivity contribution in [3.63, 3.8) is 0 Å². The monoisotopic (exact) mass is 339 g/mol. The number of Topliss-reactive ketones (excluding diaryl/α,β-unsaturated/α-hetero) is 1. The van der Waals surface area contributed by atoms with Crippen molar-refractivity contribution in [1.29, 1.82) is 0 Å². The first-order valence-electron chi connectivity index (χ1n) is 8.53. The number of aromatic nitrogens is 1. The molecule has 1 fully saturated rings. The molecule has 1 aliphatic rings. The number of ether oxygens (including phenoxy) is 1. The highest BCUT2D eigenvalue weighted by Gasteiger charge is 2.24. The van der Waals surface area contributed by atoms with Crippen LogP contribution in [0, 0.1) is 5.82 Å². The Morgan fingerprint density at radius 1 is 1.08 bits per heavy atom. The zero-order valence-corrected chi connectivity index (χ0v) is 13.8. The molecule has 0 radical (unpaired) electrons. The van der Waals surface area contributed by atoms with Crippen molar-refractivity contribution in [2.45, 2.75) is 0 Å². The second kappa shape index (κ2) is 6.78. The maximum atomic E-state index is 13.3. The van der Waals surface area contributed by atoms with Crippen LogP contribution in [0.15, 0.2) is 48.5 Å². The Morgan fingerprint density at radius 3 is 2.56 bits per heavy atom. The van der Waals surface area contributed by atoms with Gasteiger partial charge in [-0.1, -0.05) is 18.2 Å². The van der Waals surface area contributed by atoms with Crippen LogP contribution in [0.5, 0.6) is 0 Å². The van der Waals surface area contributed by atoms with E-state index >= 15 is 0 Å². The largest absolute Gasteiger partial charge is 0.370 e. The van der Waals surface area contributed by atoms with Crippen molar-refractivity contribution in [3.05, 3.63) is 59.9 Å². The van der Waals surface area contributed by atoms with Gasteiger partial charge in [0, 0.05) is 10.9 Å². The van der Waals surface area contributed by atoms with Crippen molar-refractivity contribution >= 4 is 16.7 Å². The first-order valence-corrected chi connectivity index (χ1v) is 8.53. The van der Waals surface area contributed by atoms with Gasteiger partial charge in [0.05, 0.1) is 24.5 Å². The Kier molecular flexibility index (Phi) is 4.34. The summed E-state index contributed by atoms with van der Waals surface area (Å²) in [7, 11) is 0. The maximum Gasteiger partial charge on any atom is 0.219 e. The smallest absolute Gasteiger partial charge is 0.219 e. The number of morpholine rings is 1. The zero-order valence-electron chi connectivity index (χ0n) is 13.8. The van der Waals surface area contributed by atoms with Crippen LogP contribution in [0.1, 0.15) is 10.4 Å². The molecule has 1 aromatic heterocycles. The van der Waals surface area contributed by atoms with Crippen LogP contribution in [0.4, 0.5) is 4.39 Å². The molecule has 5 heteroatoms. The van der Waals surface area contributed by atoms with Gasteiger partial charge in [0.1, 0.15) is 25.5 Å². The van der Waals surface area contributed by atoms with E-state index in [2.05, 4.69) is 4.98 Å². The summed E-state index contributed by atoms with van der Waals surface area (Å²) in [6, 6.07) is 14.0. The summed E-state index contributed by atoms with van der Waals surface area (Å²) in [4.78, 5) is 17.7. The van der Waals surface area contributed by atoms with Gasteiger partial charge in [0.25, 0.3) is 0 Å². The van der Waals surface area contributed by atoms with E-state index in [1.54, 1.807) is 12.1 Å². The standard InChI is InChI=1S/C20H19FN2O2/c21-15-7-5-14(6-8-15)20-19(16-3-1-2-4-17(16)22-20)18(24)13-23-9-11-25-12-10-23/h1-8,22H,9-13H2/p+1. The number of H-pyrrole nitrogens is 1. The third-order valence-corrected chi connectivity index (χ3v) is 4.73. The number of hydrogen-bond donors (Lipinski definition) is 2. The molecule has 25 heavy (non-hydrogen) atoms. The number of fused-ring (bicyclic) bond motifs is 1. The molecule has 1 saturated heterocycles. The van der Waals surface area contributed by atoms with Gasteiger partial charge in [0.2, 0.25) is 5.78 Å². The van der Waals surface area contributed by atoms with E-state index in [1.165, 1.54) is 17.0 Å². The summed E-state index contributed by atoms with van der Waals surface area (Å²) in [5.74, 6) is -0.181. The van der Waals surface area contributed by atoms with Crippen molar-refractivity contribution in [2.24, 2.45) is 0 Å². The molecule has 0 aliphatic carbocycles. The molecular formula is C20H20FN2O2+. The SMILES string of the molecule is O=C(C[NH+]1CCOCC1)c1c(-c2ccc(F)cc2)[nH]c2ccccc12. The first kappa shape index (κ1) is 16.0. The number of halogens is 1. The summed E-state index contributed by atoms with van der Waals surface area (Å²) in [6.45, 7) is 3.53. The van der Waals surface area contributed by atoms with Crippen LogP contribution in [0.3, 0.4) is 0 Å². The van der Waals surface area contributed by atoms with E-state index in [0.717, 1.165) is 35.2 Å². The highest BCUT2D eigenvalue weighted by Crippen LogP contribution is 2.30. The molecule has 2 N–H and O–H groups in total. The predicted molar refractivity (Wildman–Crippen MR) is 94.4 cm³/mol. The van der Waals surface area contributed by atoms with E-state index in [1.807, 2.05) is 24.3 Å². The van der Waals surface area contributed by atoms with Crippen molar-refractivity contribution < 1.29 is 18.8 Å². The van der Waals surface area contributed by atoms with Crippen LogP contribution in [0.2, 0.25) is 0 Å². The van der Waals surface area contributed by atoms with Gasteiger partial charge >= 0.3 is 0 Å². The average molecular weight is 339 g/mol. The Labute approximate surface area is 145 Å². The van der Waals surface area contributed by atoms with Crippen molar-refractivity contribution in [3.8, 4) is 11.3 Å². The minimum Gasteiger partial charge on any atom is -0.370 e. The van der Waals surface area contributed by atoms with E-state index < -0.39 is 0 Å². The number of aromatic amines is 1. The molecule has 128 valence electrons. The average Bonchev–Trinajstić information content (AvgIpc) is 3.03. The normalized spacial score (nSPS) is 15.6. The van der Waals surface area contributed by atoms with E-state index in [4.69, 9.17) is 4.74 Å². The van der Waals surface area contributed by atoms with E-state index in [-0.39, 0.29) is 11.6 Å². The summed E-state index contributed by atoms with van der Waals surface area (Å²) in [6.07, 6.45) is 0. The lowest BCUT2D eigenvalue weighted by atomic mass is 10.0. The van der Waals surface area contributed by atoms with Gasteiger partial charge in [0.15, 0.2) is 0 Å². The number of hydrogen-bond acceptors (Lipinski definition) is 2. The summed E-state index contributed by atoms with van der Waals surface area (Å²) in [5.41, 5.74) is 3.19. The third kappa shape index (κ3) is 3.21. The first-order chi connectivity index (χ1) is 12.2. The lowest BCUT2D eigenvalue weighted by Crippen LogP contribution is -3.14. The molecule has 2 aromatic carbocycles. The Bertz CT molecular complexity index is 896. The molecule has 4 rings (SSSR count). The number of quaternary nitrogens is 1. The Hall–Kier alpha value is -2.50. The molecule has 0 atom stereocenters. The van der Waals surface area contributed by atoms with E-state index in [0.29, 0.717) is 25.3 Å². The number of benzene rings is 2. The number of carbonyl (C=O) groups is 1. The second-order valence-electron chi connectivity index (χ2n) is 6.39. The molecular weight excluding hydrogens is 319 g/mol. The van der Waals surface area contributed by atoms with Crippen LogP contribution in [-0.2, 0) is 4.74 Å². The minimum absolute atomic E-state index is 0.105. The zero-order chi connectivity index (χ0) is 17.2. The van der Waals surface area contributed by atoms with E-state index in [9.17, 15) is 9.18 Å². The van der Waals surface area contributed by atoms with Crippen LogP contribution < -0.4 is 4.90 Å². The third-order valence-electron chi connectivity index (χ3n) is 4.73. The van der Waals surface area contributed by atoms with Gasteiger partial charge < -0.3 is 14.6 Å². The van der Waals surface area contributed by atoms with Gasteiger partial charge in [-0.2, -0.15) is 0 Å². The fourth-order valence-electron chi connectivity index (χ4n) is 3.42. The van der Waals surface area contributed by atoms with Crippen LogP contribution in [0.25, 0.3) is 22.2 Å². The maximum absolute atomic E-state index is 13.3. The fraction of sp³-hybridized carbons (Fsp3) is 0.250. The molecule has 0 bridgehead atoms. The second-order valence-corrected chi connectivity index (χ2v) is 6.39. The topological polar surface area (TPSA) is 46.5 Å². The predicted octanol–water partition coefficient (Wildman–Crippen LogP) is 2.07. The highest BCUT2D eigenvalue weighted by atomic mass is 19.1. The van der Waals surface area contributed by atoms with Crippen LogP contribution in [-0.4, -0.2) is 43.6 Å². The molecule has 1 aliphatic heterocycles. The number of carbonyl (C=O) groups excluding carboxylic acids is 1. The quantitative estimate of drug-likeness (QED) is 0.715. The molecule has 0 spiro atoms. The lowest BCUT2D eigenvalue weighted by Gasteiger charge is -2.23. The van der Waals surface area contributed by atoms with Gasteiger partial charge in [-0.3, -0.25) is 4.79 Å². The van der Waals surface area contributed by atoms with Gasteiger partial charge in [-0.05, 0) is 35.9 Å². The summed E-state index contributed by atoms with van der Waals surface area (Å²) < 4.78 is 18.7. The molecule has 3 aromatic rings. The van der Waals surface area contributed by atoms with Gasteiger partial charge in [-0.25, -0.2) is 4.39 Å². The number of rotatable bonds is 4. The minimum atomic E-state index is -0.287. The molecule has 2 heterocycles. The highest BCUT2D eigenvalue weighted by molar-refractivity contribution is 6.13. The number of para-hydroxylation sites is 1. The Morgan fingerprint density at radius 2 is 1.80 bits per heavy atom.